The van der Waals surface area contributed by atoms with Crippen molar-refractivity contribution < 1.29 is 14.7 Å². The minimum atomic E-state index is -0.987. The molecule has 2 heterocycles. The van der Waals surface area contributed by atoms with Crippen LogP contribution >= 0.6 is 11.3 Å². The van der Waals surface area contributed by atoms with E-state index < -0.39 is 5.97 Å². The van der Waals surface area contributed by atoms with Crippen molar-refractivity contribution in [1.82, 2.24) is 20.2 Å². The summed E-state index contributed by atoms with van der Waals surface area (Å²) < 4.78 is 0. The number of aryl methyl sites for hydroxylation is 1. The van der Waals surface area contributed by atoms with E-state index in [9.17, 15) is 14.7 Å². The number of rotatable bonds is 7. The zero-order valence-corrected chi connectivity index (χ0v) is 21.9. The number of carboxylic acid groups (broad SMARTS) is 1. The van der Waals surface area contributed by atoms with Crippen molar-refractivity contribution in [2.24, 2.45) is 11.3 Å². The van der Waals surface area contributed by atoms with Gasteiger partial charge in [0, 0.05) is 5.69 Å². The number of fused-ring (bicyclic) bond motifs is 2. The highest BCUT2D eigenvalue weighted by molar-refractivity contribution is 7.19. The smallest absolute Gasteiger partial charge is 0.335 e. The lowest BCUT2D eigenvalue weighted by Gasteiger charge is -2.34. The second-order valence-corrected chi connectivity index (χ2v) is 11.8. The van der Waals surface area contributed by atoms with Gasteiger partial charge in [-0.05, 0) is 87.0 Å². The molecular formula is C27H34N4O3S. The molecule has 1 amide bonds. The minimum absolute atomic E-state index is 0.204. The van der Waals surface area contributed by atoms with Crippen LogP contribution in [0.5, 0.6) is 0 Å². The van der Waals surface area contributed by atoms with Crippen LogP contribution in [-0.4, -0.2) is 52.5 Å². The fourth-order valence-electron chi connectivity index (χ4n) is 4.67. The molecule has 0 saturated carbocycles. The molecule has 186 valence electrons. The van der Waals surface area contributed by atoms with Crippen LogP contribution in [0, 0.1) is 11.3 Å². The first-order chi connectivity index (χ1) is 16.5. The van der Waals surface area contributed by atoms with Crippen LogP contribution in [0.3, 0.4) is 0 Å². The molecular weight excluding hydrogens is 460 g/mol. The number of hydrogen-bond donors (Lipinski definition) is 2. The predicted octanol–water partition coefficient (Wildman–Crippen LogP) is 4.96. The lowest BCUT2D eigenvalue weighted by atomic mass is 9.71. The summed E-state index contributed by atoms with van der Waals surface area (Å²) in [5.74, 6) is -0.642. The molecule has 0 radical (unpaired) electrons. The van der Waals surface area contributed by atoms with Crippen LogP contribution in [0.1, 0.15) is 76.6 Å². The Kier molecular flexibility index (Phi) is 7.24. The lowest BCUT2D eigenvalue weighted by molar-refractivity contribution is 0.0696. The van der Waals surface area contributed by atoms with Crippen LogP contribution < -0.4 is 5.32 Å². The molecule has 0 aliphatic heterocycles. The summed E-state index contributed by atoms with van der Waals surface area (Å²) in [5.41, 5.74) is 4.36. The maximum atomic E-state index is 13.2. The van der Waals surface area contributed by atoms with Crippen LogP contribution in [-0.2, 0) is 12.8 Å². The summed E-state index contributed by atoms with van der Waals surface area (Å²) in [6.45, 7) is 7.61. The van der Waals surface area contributed by atoms with Gasteiger partial charge in [-0.2, -0.15) is 0 Å². The monoisotopic (exact) mass is 494 g/mol. The van der Waals surface area contributed by atoms with E-state index in [1.807, 2.05) is 25.1 Å². The third-order valence-electron chi connectivity index (χ3n) is 6.87. The number of nitrogens with one attached hydrogen (secondary N) is 1. The molecule has 0 spiro atoms. The van der Waals surface area contributed by atoms with Crippen molar-refractivity contribution >= 4 is 33.6 Å². The fourth-order valence-corrected chi connectivity index (χ4v) is 5.51. The SMILES string of the molecule is CN(C)CC[C@@H](NC(=O)c1nc2cc3c(nc2s1)CCC(C(C)(C)C)C3)c1cccc(C(=O)O)c1. The molecule has 1 unspecified atom stereocenters. The Labute approximate surface area is 210 Å². The van der Waals surface area contributed by atoms with Gasteiger partial charge in [-0.3, -0.25) is 4.79 Å². The topological polar surface area (TPSA) is 95.4 Å². The second-order valence-electron chi connectivity index (χ2n) is 10.8. The van der Waals surface area contributed by atoms with E-state index in [1.54, 1.807) is 18.2 Å². The van der Waals surface area contributed by atoms with Crippen molar-refractivity contribution in [2.75, 3.05) is 20.6 Å². The number of carbonyl (C=O) groups excluding carboxylic acids is 1. The van der Waals surface area contributed by atoms with E-state index in [-0.39, 0.29) is 22.9 Å². The Hall–Kier alpha value is -2.84. The number of carbonyl (C=O) groups is 2. The van der Waals surface area contributed by atoms with Crippen molar-refractivity contribution in [3.05, 3.63) is 57.7 Å². The average molecular weight is 495 g/mol. The number of aromatic nitrogens is 2. The van der Waals surface area contributed by atoms with E-state index in [1.165, 1.54) is 16.9 Å². The number of thiazole rings is 1. The Balaban J connectivity index is 1.58. The van der Waals surface area contributed by atoms with E-state index >= 15 is 0 Å². The van der Waals surface area contributed by atoms with Crippen molar-refractivity contribution in [2.45, 2.75) is 52.5 Å². The van der Waals surface area contributed by atoms with E-state index in [2.05, 4.69) is 37.1 Å². The Bertz CT molecular complexity index is 1240. The quantitative estimate of drug-likeness (QED) is 0.482. The molecule has 1 aliphatic carbocycles. The highest BCUT2D eigenvalue weighted by Crippen LogP contribution is 2.38. The second kappa shape index (κ2) is 10.0. The number of benzene rings is 1. The van der Waals surface area contributed by atoms with Crippen LogP contribution in [0.25, 0.3) is 10.3 Å². The van der Waals surface area contributed by atoms with Gasteiger partial charge in [0.05, 0.1) is 11.6 Å². The minimum Gasteiger partial charge on any atom is -0.478 e. The average Bonchev–Trinajstić information content (AvgIpc) is 3.22. The molecule has 0 fully saturated rings. The molecule has 2 aromatic heterocycles. The first kappa shape index (κ1) is 25.3. The third kappa shape index (κ3) is 5.87. The molecule has 1 aliphatic rings. The van der Waals surface area contributed by atoms with Crippen LogP contribution in [0.2, 0.25) is 0 Å². The first-order valence-corrected chi connectivity index (χ1v) is 12.9. The van der Waals surface area contributed by atoms with Gasteiger partial charge in [0.1, 0.15) is 10.3 Å². The summed E-state index contributed by atoms with van der Waals surface area (Å²) in [7, 11) is 3.94. The summed E-state index contributed by atoms with van der Waals surface area (Å²) >= 11 is 1.32. The van der Waals surface area contributed by atoms with Gasteiger partial charge in [-0.1, -0.05) is 44.2 Å². The molecule has 0 saturated heterocycles. The molecule has 35 heavy (non-hydrogen) atoms. The summed E-state index contributed by atoms with van der Waals surface area (Å²) in [5, 5.41) is 12.9. The largest absolute Gasteiger partial charge is 0.478 e. The highest BCUT2D eigenvalue weighted by Gasteiger charge is 2.30. The van der Waals surface area contributed by atoms with E-state index in [0.717, 1.165) is 47.4 Å². The number of pyridine rings is 1. The fraction of sp³-hybridized carbons (Fsp3) is 0.481. The number of amides is 1. The Morgan fingerprint density at radius 2 is 2.00 bits per heavy atom. The Morgan fingerprint density at radius 3 is 2.69 bits per heavy atom. The molecule has 1 aromatic carbocycles. The van der Waals surface area contributed by atoms with E-state index in [4.69, 9.17) is 4.98 Å². The van der Waals surface area contributed by atoms with Gasteiger partial charge in [0.15, 0.2) is 5.01 Å². The summed E-state index contributed by atoms with van der Waals surface area (Å²) in [6.07, 6.45) is 3.73. The molecule has 8 heteroatoms. The zero-order valence-electron chi connectivity index (χ0n) is 21.1. The van der Waals surface area contributed by atoms with Gasteiger partial charge >= 0.3 is 5.97 Å². The standard InChI is InChI=1S/C27H34N4O3S/c1-27(2,3)19-9-10-20-18(14-19)15-22-24(29-20)35-25(30-22)23(32)28-21(11-12-31(4)5)16-7-6-8-17(13-16)26(33)34/h6-8,13,15,19,21H,9-12,14H2,1-5H3,(H,28,32)(H,33,34)/t19?,21-/m1/s1. The van der Waals surface area contributed by atoms with Gasteiger partial charge in [-0.25, -0.2) is 14.8 Å². The maximum Gasteiger partial charge on any atom is 0.335 e. The molecule has 4 rings (SSSR count). The van der Waals surface area contributed by atoms with Gasteiger partial charge in [0.25, 0.3) is 5.91 Å². The Morgan fingerprint density at radius 1 is 1.23 bits per heavy atom. The number of nitrogens with zero attached hydrogens (tertiary/aromatic N) is 3. The van der Waals surface area contributed by atoms with Crippen molar-refractivity contribution in [1.29, 1.82) is 0 Å². The van der Waals surface area contributed by atoms with Crippen LogP contribution in [0.4, 0.5) is 0 Å². The van der Waals surface area contributed by atoms with Gasteiger partial charge in [0.2, 0.25) is 0 Å². The molecule has 0 bridgehead atoms. The first-order valence-electron chi connectivity index (χ1n) is 12.1. The number of aromatic carboxylic acids is 1. The maximum absolute atomic E-state index is 13.2. The molecule has 2 atom stereocenters. The number of hydrogen-bond acceptors (Lipinski definition) is 6. The molecule has 2 N–H and O–H groups in total. The third-order valence-corrected chi connectivity index (χ3v) is 7.84. The number of carboxylic acids is 1. The van der Waals surface area contributed by atoms with Gasteiger partial charge in [-0.15, -0.1) is 0 Å². The predicted molar refractivity (Wildman–Crippen MR) is 139 cm³/mol. The molecule has 3 aromatic rings. The summed E-state index contributed by atoms with van der Waals surface area (Å²) in [6, 6.07) is 8.54. The van der Waals surface area contributed by atoms with Crippen molar-refractivity contribution in [3.63, 3.8) is 0 Å². The van der Waals surface area contributed by atoms with E-state index in [0.29, 0.717) is 17.3 Å². The van der Waals surface area contributed by atoms with Crippen LogP contribution in [0.15, 0.2) is 30.3 Å². The lowest BCUT2D eigenvalue weighted by Crippen LogP contribution is -2.31. The molecule has 7 nitrogen and oxygen atoms in total. The van der Waals surface area contributed by atoms with Gasteiger partial charge < -0.3 is 15.3 Å². The normalized spacial score (nSPS) is 16.8. The summed E-state index contributed by atoms with van der Waals surface area (Å²) in [4.78, 5) is 37.0. The zero-order chi connectivity index (χ0) is 25.3. The highest BCUT2D eigenvalue weighted by atomic mass is 32.1. The van der Waals surface area contributed by atoms with Crippen molar-refractivity contribution in [3.8, 4) is 0 Å².